The summed E-state index contributed by atoms with van der Waals surface area (Å²) in [6, 6.07) is 0. The van der Waals surface area contributed by atoms with E-state index in [1.165, 1.54) is 0 Å². The van der Waals surface area contributed by atoms with Gasteiger partial charge in [-0.05, 0) is 6.42 Å². The third-order valence-electron chi connectivity index (χ3n) is 2.29. The molecule has 1 rings (SSSR count). The highest BCUT2D eigenvalue weighted by Crippen LogP contribution is 2.00. The van der Waals surface area contributed by atoms with E-state index in [1.54, 1.807) is 7.11 Å². The molecule has 1 aliphatic rings. The van der Waals surface area contributed by atoms with E-state index in [-0.39, 0.29) is 6.10 Å². The van der Waals surface area contributed by atoms with E-state index >= 15 is 0 Å². The lowest BCUT2D eigenvalue weighted by Gasteiger charge is -2.21. The van der Waals surface area contributed by atoms with Crippen LogP contribution in [0.4, 0.5) is 0 Å². The Morgan fingerprint density at radius 3 is 3.06 bits per heavy atom. The molecule has 100 valence electrons. The zero-order valence-corrected chi connectivity index (χ0v) is 10.3. The van der Waals surface area contributed by atoms with Crippen molar-refractivity contribution in [1.82, 2.24) is 10.7 Å². The maximum Gasteiger partial charge on any atom is 0.205 e. The van der Waals surface area contributed by atoms with Gasteiger partial charge in [-0.1, -0.05) is 0 Å². The summed E-state index contributed by atoms with van der Waals surface area (Å²) >= 11 is 0. The lowest BCUT2D eigenvalue weighted by Crippen LogP contribution is -2.43. The predicted molar refractivity (Wildman–Crippen MR) is 64.7 cm³/mol. The van der Waals surface area contributed by atoms with Crippen LogP contribution in [0.1, 0.15) is 6.42 Å². The van der Waals surface area contributed by atoms with Crippen molar-refractivity contribution < 1.29 is 14.2 Å². The van der Waals surface area contributed by atoms with Crippen molar-refractivity contribution in [2.24, 2.45) is 10.8 Å². The molecular formula is C10H22N4O3. The highest BCUT2D eigenvalue weighted by molar-refractivity contribution is 5.79. The Hall–Kier alpha value is -0.890. The zero-order chi connectivity index (χ0) is 12.3. The van der Waals surface area contributed by atoms with Gasteiger partial charge in [0.2, 0.25) is 5.96 Å². The van der Waals surface area contributed by atoms with Crippen molar-refractivity contribution in [3.05, 3.63) is 0 Å². The number of methoxy groups -OCH3 is 1. The van der Waals surface area contributed by atoms with Gasteiger partial charge in [-0.3, -0.25) is 5.43 Å². The van der Waals surface area contributed by atoms with Crippen molar-refractivity contribution in [2.75, 3.05) is 46.6 Å². The van der Waals surface area contributed by atoms with E-state index in [0.29, 0.717) is 38.9 Å². The first kappa shape index (κ1) is 14.2. The summed E-state index contributed by atoms with van der Waals surface area (Å²) in [5.41, 5.74) is 2.52. The highest BCUT2D eigenvalue weighted by atomic mass is 16.6. The Kier molecular flexibility index (Phi) is 7.65. The molecule has 17 heavy (non-hydrogen) atoms. The minimum atomic E-state index is 0.0212. The SMILES string of the molecule is COCCCNC(=NCC1COCCO1)NN. The molecule has 1 heterocycles. The Balaban J connectivity index is 2.18. The first-order valence-corrected chi connectivity index (χ1v) is 5.80. The Bertz CT molecular complexity index is 220. The van der Waals surface area contributed by atoms with Gasteiger partial charge in [0, 0.05) is 20.3 Å². The molecule has 0 aromatic rings. The van der Waals surface area contributed by atoms with Crippen LogP contribution < -0.4 is 16.6 Å². The number of nitrogens with zero attached hydrogens (tertiary/aromatic N) is 1. The third kappa shape index (κ3) is 6.42. The fourth-order valence-electron chi connectivity index (χ4n) is 1.41. The predicted octanol–water partition coefficient (Wildman–Crippen LogP) is -1.15. The second-order valence-corrected chi connectivity index (χ2v) is 3.67. The van der Waals surface area contributed by atoms with Crippen LogP contribution in [0.5, 0.6) is 0 Å². The summed E-state index contributed by atoms with van der Waals surface area (Å²) < 4.78 is 15.7. The fourth-order valence-corrected chi connectivity index (χ4v) is 1.41. The van der Waals surface area contributed by atoms with Gasteiger partial charge in [0.25, 0.3) is 0 Å². The maximum atomic E-state index is 5.47. The van der Waals surface area contributed by atoms with Gasteiger partial charge in [0.05, 0.1) is 26.4 Å². The molecule has 0 spiro atoms. The number of nitrogens with two attached hydrogens (primary N) is 1. The number of hydrogen-bond donors (Lipinski definition) is 3. The monoisotopic (exact) mass is 246 g/mol. The smallest absolute Gasteiger partial charge is 0.205 e. The lowest BCUT2D eigenvalue weighted by molar-refractivity contribution is -0.0832. The van der Waals surface area contributed by atoms with Crippen LogP contribution in [0.25, 0.3) is 0 Å². The number of ether oxygens (including phenoxy) is 3. The normalized spacial score (nSPS) is 21.3. The summed E-state index contributed by atoms with van der Waals surface area (Å²) in [5.74, 6) is 5.92. The summed E-state index contributed by atoms with van der Waals surface area (Å²) in [4.78, 5) is 4.29. The molecule has 1 fully saturated rings. The molecule has 1 atom stereocenters. The maximum absolute atomic E-state index is 5.47. The quantitative estimate of drug-likeness (QED) is 0.180. The molecule has 1 saturated heterocycles. The van der Waals surface area contributed by atoms with E-state index in [0.717, 1.165) is 13.0 Å². The standard InChI is InChI=1S/C10H22N4O3/c1-15-4-2-3-12-10(14-11)13-7-9-8-16-5-6-17-9/h9H,2-8,11H2,1H3,(H2,12,13,14). The first-order chi connectivity index (χ1) is 8.36. The van der Waals surface area contributed by atoms with E-state index < -0.39 is 0 Å². The molecule has 7 nitrogen and oxygen atoms in total. The molecule has 1 aliphatic heterocycles. The Morgan fingerprint density at radius 1 is 1.53 bits per heavy atom. The molecule has 0 bridgehead atoms. The van der Waals surface area contributed by atoms with E-state index in [2.05, 4.69) is 15.7 Å². The topological polar surface area (TPSA) is 90.1 Å². The molecule has 0 aromatic carbocycles. The van der Waals surface area contributed by atoms with Gasteiger partial charge in [-0.15, -0.1) is 0 Å². The van der Waals surface area contributed by atoms with E-state index in [4.69, 9.17) is 20.1 Å². The van der Waals surface area contributed by atoms with Gasteiger partial charge in [-0.2, -0.15) is 0 Å². The van der Waals surface area contributed by atoms with Crippen LogP contribution >= 0.6 is 0 Å². The molecule has 7 heteroatoms. The van der Waals surface area contributed by atoms with Gasteiger partial charge in [0.15, 0.2) is 0 Å². The van der Waals surface area contributed by atoms with Gasteiger partial charge >= 0.3 is 0 Å². The fraction of sp³-hybridized carbons (Fsp3) is 0.900. The van der Waals surface area contributed by atoms with Crippen molar-refractivity contribution in [3.8, 4) is 0 Å². The van der Waals surface area contributed by atoms with Gasteiger partial charge in [-0.25, -0.2) is 10.8 Å². The van der Waals surface area contributed by atoms with Crippen molar-refractivity contribution >= 4 is 5.96 Å². The summed E-state index contributed by atoms with van der Waals surface area (Å²) in [6.07, 6.45) is 0.924. The summed E-state index contributed by atoms with van der Waals surface area (Å²) in [5, 5.41) is 3.08. The lowest BCUT2D eigenvalue weighted by atomic mass is 10.3. The average molecular weight is 246 g/mol. The number of rotatable bonds is 6. The molecule has 0 aliphatic carbocycles. The first-order valence-electron chi connectivity index (χ1n) is 5.80. The molecule has 4 N–H and O–H groups in total. The second kappa shape index (κ2) is 9.17. The van der Waals surface area contributed by atoms with E-state index in [9.17, 15) is 0 Å². The molecule has 0 amide bonds. The summed E-state index contributed by atoms with van der Waals surface area (Å²) in [7, 11) is 1.68. The van der Waals surface area contributed by atoms with Crippen LogP contribution in [0.2, 0.25) is 0 Å². The minimum absolute atomic E-state index is 0.0212. The van der Waals surface area contributed by atoms with Crippen LogP contribution in [-0.4, -0.2) is 58.7 Å². The number of hydrogen-bond acceptors (Lipinski definition) is 5. The molecule has 0 saturated carbocycles. The Morgan fingerprint density at radius 2 is 2.41 bits per heavy atom. The largest absolute Gasteiger partial charge is 0.385 e. The zero-order valence-electron chi connectivity index (χ0n) is 10.3. The third-order valence-corrected chi connectivity index (χ3v) is 2.29. The van der Waals surface area contributed by atoms with Crippen molar-refractivity contribution in [2.45, 2.75) is 12.5 Å². The minimum Gasteiger partial charge on any atom is -0.385 e. The Labute approximate surface area is 102 Å². The summed E-state index contributed by atoms with van der Waals surface area (Å²) in [6.45, 7) is 3.90. The molecular weight excluding hydrogens is 224 g/mol. The number of aliphatic imine (C=N–C) groups is 1. The number of guanidine groups is 1. The second-order valence-electron chi connectivity index (χ2n) is 3.67. The highest BCUT2D eigenvalue weighted by Gasteiger charge is 2.13. The average Bonchev–Trinajstić information content (AvgIpc) is 2.39. The van der Waals surface area contributed by atoms with Crippen LogP contribution in [-0.2, 0) is 14.2 Å². The molecule has 0 radical (unpaired) electrons. The number of nitrogens with one attached hydrogen (secondary N) is 2. The molecule has 1 unspecified atom stereocenters. The van der Waals surface area contributed by atoms with Crippen LogP contribution in [0.15, 0.2) is 4.99 Å². The van der Waals surface area contributed by atoms with E-state index in [1.807, 2.05) is 0 Å². The molecule has 0 aromatic heterocycles. The van der Waals surface area contributed by atoms with Gasteiger partial charge < -0.3 is 19.5 Å². The van der Waals surface area contributed by atoms with Crippen molar-refractivity contribution in [1.29, 1.82) is 0 Å². The van der Waals surface area contributed by atoms with Crippen LogP contribution in [0.3, 0.4) is 0 Å². The van der Waals surface area contributed by atoms with Gasteiger partial charge in [0.1, 0.15) is 6.10 Å². The van der Waals surface area contributed by atoms with Crippen molar-refractivity contribution in [3.63, 3.8) is 0 Å². The van der Waals surface area contributed by atoms with Crippen LogP contribution in [0, 0.1) is 0 Å². The number of hydrazine groups is 1.